The molecule has 2 aromatic carbocycles. The van der Waals surface area contributed by atoms with Crippen LogP contribution >= 0.6 is 11.6 Å². The van der Waals surface area contributed by atoms with Gasteiger partial charge < -0.3 is 4.74 Å². The number of hydrogen-bond acceptors (Lipinski definition) is 6. The number of halogens is 1. The molecule has 0 N–H and O–H groups in total. The van der Waals surface area contributed by atoms with Crippen molar-refractivity contribution in [2.75, 3.05) is 18.0 Å². The molecule has 0 saturated heterocycles. The molecule has 10 heteroatoms. The Kier molecular flexibility index (Phi) is 6.07. The molecule has 0 aliphatic carbocycles. The maximum Gasteiger partial charge on any atom is 0.326 e. The van der Waals surface area contributed by atoms with Crippen LogP contribution < -0.4 is 4.31 Å². The summed E-state index contributed by atoms with van der Waals surface area (Å²) in [6, 6.07) is 8.12. The molecule has 0 bridgehead atoms. The molecule has 144 valence electrons. The molecule has 0 heterocycles. The quantitative estimate of drug-likeness (QED) is 0.409. The van der Waals surface area contributed by atoms with Crippen LogP contribution in [0.1, 0.15) is 11.1 Å². The molecule has 0 amide bonds. The molecule has 0 saturated carbocycles. The Morgan fingerprint density at radius 1 is 1.19 bits per heavy atom. The highest BCUT2D eigenvalue weighted by Gasteiger charge is 2.31. The SMILES string of the molecule is COC(=O)CN(c1cc(Cl)ccc1C)S(=O)(=O)c1cc([N+](=O)[O-])ccc1C. The number of sulfonamides is 1. The number of nitro benzene ring substituents is 1. The monoisotopic (exact) mass is 412 g/mol. The van der Waals surface area contributed by atoms with Crippen LogP contribution in [0, 0.1) is 24.0 Å². The van der Waals surface area contributed by atoms with Crippen LogP contribution in [0.15, 0.2) is 41.3 Å². The number of methoxy groups -OCH3 is 1. The Labute approximate surface area is 161 Å². The molecule has 0 fully saturated rings. The maximum absolute atomic E-state index is 13.3. The van der Waals surface area contributed by atoms with Crippen molar-refractivity contribution in [1.82, 2.24) is 0 Å². The maximum atomic E-state index is 13.3. The largest absolute Gasteiger partial charge is 0.468 e. The standard InChI is InChI=1S/C17H17ClN2O6S/c1-11-4-6-13(18)8-15(11)19(10-17(21)26-3)27(24,25)16-9-14(20(22)23)7-5-12(16)2/h4-9H,10H2,1-3H3. The predicted molar refractivity (Wildman–Crippen MR) is 101 cm³/mol. The molecule has 0 aliphatic rings. The fraction of sp³-hybridized carbons (Fsp3) is 0.235. The number of rotatable bonds is 6. The van der Waals surface area contributed by atoms with E-state index in [1.165, 1.54) is 25.1 Å². The van der Waals surface area contributed by atoms with Gasteiger partial charge in [-0.05, 0) is 37.1 Å². The van der Waals surface area contributed by atoms with Gasteiger partial charge in [0.1, 0.15) is 6.54 Å². The highest BCUT2D eigenvalue weighted by atomic mass is 35.5. The number of anilines is 1. The van der Waals surface area contributed by atoms with Gasteiger partial charge >= 0.3 is 5.97 Å². The minimum atomic E-state index is -4.32. The van der Waals surface area contributed by atoms with Crippen LogP contribution in [-0.4, -0.2) is 33.0 Å². The molecule has 2 aromatic rings. The van der Waals surface area contributed by atoms with E-state index in [1.807, 2.05) is 0 Å². The lowest BCUT2D eigenvalue weighted by molar-refractivity contribution is -0.385. The zero-order valence-corrected chi connectivity index (χ0v) is 16.4. The van der Waals surface area contributed by atoms with Gasteiger partial charge in [0.15, 0.2) is 0 Å². The van der Waals surface area contributed by atoms with E-state index in [2.05, 4.69) is 4.74 Å². The third-order valence-electron chi connectivity index (χ3n) is 3.89. The van der Waals surface area contributed by atoms with Gasteiger partial charge in [-0.25, -0.2) is 8.42 Å². The van der Waals surface area contributed by atoms with Gasteiger partial charge in [-0.15, -0.1) is 0 Å². The van der Waals surface area contributed by atoms with Gasteiger partial charge in [0.05, 0.1) is 22.6 Å². The number of nitrogens with zero attached hydrogens (tertiary/aromatic N) is 2. The summed E-state index contributed by atoms with van der Waals surface area (Å²) in [4.78, 5) is 22.0. The molecular weight excluding hydrogens is 396 g/mol. The summed E-state index contributed by atoms with van der Waals surface area (Å²) in [6.45, 7) is 2.56. The van der Waals surface area contributed by atoms with Gasteiger partial charge in [0.25, 0.3) is 15.7 Å². The zero-order valence-electron chi connectivity index (χ0n) is 14.8. The van der Waals surface area contributed by atoms with E-state index in [-0.39, 0.29) is 21.3 Å². The second-order valence-electron chi connectivity index (χ2n) is 5.73. The first-order valence-corrected chi connectivity index (χ1v) is 9.50. The third-order valence-corrected chi connectivity index (χ3v) is 6.03. The fourth-order valence-corrected chi connectivity index (χ4v) is 4.31. The first-order chi connectivity index (χ1) is 12.6. The van der Waals surface area contributed by atoms with Crippen molar-refractivity contribution in [2.24, 2.45) is 0 Å². The Hall–Kier alpha value is -2.65. The van der Waals surface area contributed by atoms with Crippen molar-refractivity contribution >= 4 is 39.0 Å². The smallest absolute Gasteiger partial charge is 0.326 e. The summed E-state index contributed by atoms with van der Waals surface area (Å²) >= 11 is 6.00. The summed E-state index contributed by atoms with van der Waals surface area (Å²) in [7, 11) is -3.18. The Morgan fingerprint density at radius 2 is 1.81 bits per heavy atom. The molecule has 0 aliphatic heterocycles. The Balaban J connectivity index is 2.71. The summed E-state index contributed by atoms with van der Waals surface area (Å²) in [6.07, 6.45) is 0. The second-order valence-corrected chi connectivity index (χ2v) is 7.99. The van der Waals surface area contributed by atoms with Crippen molar-refractivity contribution in [2.45, 2.75) is 18.7 Å². The van der Waals surface area contributed by atoms with Gasteiger partial charge in [-0.3, -0.25) is 19.2 Å². The average Bonchev–Trinajstić information content (AvgIpc) is 2.61. The molecule has 0 radical (unpaired) electrons. The zero-order chi connectivity index (χ0) is 20.4. The highest BCUT2D eigenvalue weighted by Crippen LogP contribution is 2.32. The van der Waals surface area contributed by atoms with E-state index < -0.39 is 27.5 Å². The van der Waals surface area contributed by atoms with Crippen LogP contribution in [0.25, 0.3) is 0 Å². The number of benzene rings is 2. The minimum absolute atomic E-state index is 0.179. The van der Waals surface area contributed by atoms with E-state index >= 15 is 0 Å². The average molecular weight is 413 g/mol. The van der Waals surface area contributed by atoms with Crippen LogP contribution in [0.3, 0.4) is 0 Å². The number of esters is 1. The fourth-order valence-electron chi connectivity index (χ4n) is 2.43. The van der Waals surface area contributed by atoms with Crippen LogP contribution in [0.5, 0.6) is 0 Å². The first kappa shape index (κ1) is 20.7. The van der Waals surface area contributed by atoms with Gasteiger partial charge in [-0.1, -0.05) is 23.7 Å². The molecule has 8 nitrogen and oxygen atoms in total. The van der Waals surface area contributed by atoms with Crippen molar-refractivity contribution in [3.63, 3.8) is 0 Å². The lowest BCUT2D eigenvalue weighted by Crippen LogP contribution is -2.37. The number of carbonyl (C=O) groups excluding carboxylic acids is 1. The van der Waals surface area contributed by atoms with Crippen LogP contribution in [0.4, 0.5) is 11.4 Å². The summed E-state index contributed by atoms with van der Waals surface area (Å²) in [5.74, 6) is -0.791. The summed E-state index contributed by atoms with van der Waals surface area (Å²) in [5.41, 5.74) is 0.656. The van der Waals surface area contributed by atoms with Crippen LogP contribution in [0.2, 0.25) is 5.02 Å². The van der Waals surface area contributed by atoms with E-state index in [0.717, 1.165) is 17.5 Å². The van der Waals surface area contributed by atoms with Crippen molar-refractivity contribution in [1.29, 1.82) is 0 Å². The lowest BCUT2D eigenvalue weighted by Gasteiger charge is -2.25. The molecule has 0 spiro atoms. The molecule has 0 atom stereocenters. The molecule has 2 rings (SSSR count). The van der Waals surface area contributed by atoms with E-state index in [1.54, 1.807) is 19.1 Å². The Morgan fingerprint density at radius 3 is 2.41 bits per heavy atom. The summed E-state index contributed by atoms with van der Waals surface area (Å²) in [5, 5.41) is 11.3. The van der Waals surface area contributed by atoms with Crippen molar-refractivity contribution < 1.29 is 22.9 Å². The second kappa shape index (κ2) is 7.93. The predicted octanol–water partition coefficient (Wildman–Crippen LogP) is 3.23. The molecule has 27 heavy (non-hydrogen) atoms. The number of nitro groups is 1. The molecule has 0 unspecified atom stereocenters. The molecular formula is C17H17ClN2O6S. The van der Waals surface area contributed by atoms with E-state index in [4.69, 9.17) is 11.6 Å². The number of carbonyl (C=O) groups is 1. The van der Waals surface area contributed by atoms with E-state index in [0.29, 0.717) is 11.1 Å². The van der Waals surface area contributed by atoms with Crippen LogP contribution in [-0.2, 0) is 19.6 Å². The van der Waals surface area contributed by atoms with Gasteiger partial charge in [-0.2, -0.15) is 0 Å². The topological polar surface area (TPSA) is 107 Å². The van der Waals surface area contributed by atoms with Crippen molar-refractivity contribution in [3.8, 4) is 0 Å². The van der Waals surface area contributed by atoms with Gasteiger partial charge in [0, 0.05) is 17.2 Å². The lowest BCUT2D eigenvalue weighted by atomic mass is 10.2. The van der Waals surface area contributed by atoms with Crippen molar-refractivity contribution in [3.05, 3.63) is 62.7 Å². The van der Waals surface area contributed by atoms with E-state index in [9.17, 15) is 23.3 Å². The minimum Gasteiger partial charge on any atom is -0.468 e. The first-order valence-electron chi connectivity index (χ1n) is 7.68. The van der Waals surface area contributed by atoms with Gasteiger partial charge in [0.2, 0.25) is 0 Å². The number of aryl methyl sites for hydroxylation is 2. The molecule has 0 aromatic heterocycles. The highest BCUT2D eigenvalue weighted by molar-refractivity contribution is 7.93. The third kappa shape index (κ3) is 4.37. The normalized spacial score (nSPS) is 11.1. The number of non-ortho nitro benzene ring substituents is 1. The number of ether oxygens (including phenoxy) is 1. The Bertz CT molecular complexity index is 1010. The summed E-state index contributed by atoms with van der Waals surface area (Å²) < 4.78 is 32.0. The number of hydrogen-bond donors (Lipinski definition) is 0.